The summed E-state index contributed by atoms with van der Waals surface area (Å²) < 4.78 is 0. The Labute approximate surface area is 92.9 Å². The van der Waals surface area contributed by atoms with Gasteiger partial charge in [-0.1, -0.05) is 32.9 Å². The summed E-state index contributed by atoms with van der Waals surface area (Å²) in [4.78, 5) is 0. The average molecular weight is 164 g/mol. The fourth-order valence-corrected chi connectivity index (χ4v) is 1.05. The summed E-state index contributed by atoms with van der Waals surface area (Å²) in [5, 5.41) is 0. The number of hydrogen-bond donors (Lipinski definition) is 0. The van der Waals surface area contributed by atoms with E-state index < -0.39 is 0 Å². The minimum absolute atomic E-state index is 0. The van der Waals surface area contributed by atoms with Crippen LogP contribution < -0.4 is 18.9 Å². The molecule has 0 fully saturated rings. The molecule has 13 heavy (non-hydrogen) atoms. The molecular formula is C12H13Li. The van der Waals surface area contributed by atoms with E-state index in [1.165, 1.54) is 5.56 Å². The summed E-state index contributed by atoms with van der Waals surface area (Å²) >= 11 is 0. The van der Waals surface area contributed by atoms with Crippen LogP contribution in [0.25, 0.3) is 0 Å². The Kier molecular flexibility index (Phi) is 4.35. The molecule has 0 heterocycles. The topological polar surface area (TPSA) is 0 Å². The first-order valence-electron chi connectivity index (χ1n) is 4.07. The van der Waals surface area contributed by atoms with E-state index in [1.54, 1.807) is 0 Å². The monoisotopic (exact) mass is 164 g/mol. The Bertz CT molecular complexity index is 295. The van der Waals surface area contributed by atoms with Gasteiger partial charge in [-0.2, -0.15) is 0 Å². The Balaban J connectivity index is 0.00000144. The van der Waals surface area contributed by atoms with Gasteiger partial charge < -0.3 is 6.42 Å². The summed E-state index contributed by atoms with van der Waals surface area (Å²) in [6, 6.07) is 7.95. The van der Waals surface area contributed by atoms with Crippen molar-refractivity contribution >= 4 is 0 Å². The van der Waals surface area contributed by atoms with Gasteiger partial charge in [0.25, 0.3) is 0 Å². The summed E-state index contributed by atoms with van der Waals surface area (Å²) in [6.45, 7) is 6.53. The molecule has 0 amide bonds. The van der Waals surface area contributed by atoms with Gasteiger partial charge >= 0.3 is 18.9 Å². The van der Waals surface area contributed by atoms with Crippen molar-refractivity contribution in [1.29, 1.82) is 0 Å². The molecule has 0 saturated carbocycles. The fourth-order valence-electron chi connectivity index (χ4n) is 1.05. The molecule has 0 N–H and O–H groups in total. The maximum atomic E-state index is 6.92. The minimum atomic E-state index is 0. The maximum absolute atomic E-state index is 6.92. The Hall–Kier alpha value is -0.623. The quantitative estimate of drug-likeness (QED) is 0.286. The smallest absolute Gasteiger partial charge is 0.366 e. The largest absolute Gasteiger partial charge is 1.00 e. The summed E-state index contributed by atoms with van der Waals surface area (Å²) in [6.07, 6.45) is 6.92. The van der Waals surface area contributed by atoms with Gasteiger partial charge in [-0.3, -0.25) is 5.92 Å². The molecular weight excluding hydrogens is 151 g/mol. The third kappa shape index (κ3) is 3.31. The van der Waals surface area contributed by atoms with Gasteiger partial charge in [0, 0.05) is 0 Å². The molecule has 0 unspecified atom stereocenters. The molecule has 0 radical (unpaired) electrons. The van der Waals surface area contributed by atoms with Gasteiger partial charge in [-0.05, 0) is 11.0 Å². The second-order valence-electron chi connectivity index (χ2n) is 3.95. The van der Waals surface area contributed by atoms with Crippen LogP contribution in [-0.2, 0) is 5.41 Å². The first-order chi connectivity index (χ1) is 5.54. The van der Waals surface area contributed by atoms with Crippen molar-refractivity contribution in [3.05, 3.63) is 41.8 Å². The van der Waals surface area contributed by atoms with Gasteiger partial charge in [0.1, 0.15) is 0 Å². The molecule has 1 aromatic rings. The van der Waals surface area contributed by atoms with Crippen LogP contribution in [0.4, 0.5) is 0 Å². The molecule has 0 spiro atoms. The van der Waals surface area contributed by atoms with Crippen molar-refractivity contribution in [1.82, 2.24) is 0 Å². The Morgan fingerprint density at radius 2 is 1.54 bits per heavy atom. The second kappa shape index (κ2) is 4.57. The predicted molar refractivity (Wildman–Crippen MR) is 51.4 cm³/mol. The second-order valence-corrected chi connectivity index (χ2v) is 3.95. The van der Waals surface area contributed by atoms with Crippen molar-refractivity contribution in [2.75, 3.05) is 0 Å². The molecule has 0 aliphatic rings. The van der Waals surface area contributed by atoms with E-state index in [9.17, 15) is 0 Å². The third-order valence-corrected chi connectivity index (χ3v) is 1.90. The van der Waals surface area contributed by atoms with E-state index in [1.807, 2.05) is 12.1 Å². The molecule has 0 saturated heterocycles. The van der Waals surface area contributed by atoms with E-state index in [2.05, 4.69) is 38.8 Å². The summed E-state index contributed by atoms with van der Waals surface area (Å²) in [5.41, 5.74) is 2.32. The third-order valence-electron chi connectivity index (χ3n) is 1.90. The van der Waals surface area contributed by atoms with Crippen LogP contribution >= 0.6 is 0 Å². The standard InChI is InChI=1S/C12H13.Li/c1-5-10-6-8-11(9-7-10)12(2,3)4;/h6-9H,2-4H3;/q-1;+1. The molecule has 0 aromatic heterocycles. The first-order valence-corrected chi connectivity index (χ1v) is 4.07. The number of hydrogen-bond acceptors (Lipinski definition) is 0. The van der Waals surface area contributed by atoms with Crippen LogP contribution in [0.3, 0.4) is 0 Å². The number of rotatable bonds is 0. The molecule has 1 aromatic carbocycles. The van der Waals surface area contributed by atoms with Crippen molar-refractivity contribution in [3.63, 3.8) is 0 Å². The van der Waals surface area contributed by atoms with E-state index in [-0.39, 0.29) is 24.3 Å². The van der Waals surface area contributed by atoms with E-state index in [4.69, 9.17) is 6.42 Å². The normalized spacial score (nSPS) is 10.0. The Morgan fingerprint density at radius 3 is 1.85 bits per heavy atom. The SMILES string of the molecule is [C-]#Cc1ccc(C(C)(C)C)cc1.[Li+]. The van der Waals surface area contributed by atoms with Crippen LogP contribution in [-0.4, -0.2) is 0 Å². The van der Waals surface area contributed by atoms with E-state index >= 15 is 0 Å². The molecule has 62 valence electrons. The van der Waals surface area contributed by atoms with Gasteiger partial charge in [-0.15, -0.1) is 17.7 Å². The zero-order valence-electron chi connectivity index (χ0n) is 8.81. The van der Waals surface area contributed by atoms with Gasteiger partial charge in [-0.25, -0.2) is 0 Å². The van der Waals surface area contributed by atoms with Crippen LogP contribution in [0.1, 0.15) is 31.9 Å². The van der Waals surface area contributed by atoms with Crippen LogP contribution in [0, 0.1) is 12.3 Å². The molecule has 0 aliphatic heterocycles. The Morgan fingerprint density at radius 1 is 1.08 bits per heavy atom. The zero-order chi connectivity index (χ0) is 9.19. The summed E-state index contributed by atoms with van der Waals surface area (Å²) in [5.74, 6) is 2.36. The van der Waals surface area contributed by atoms with Crippen LogP contribution in [0.15, 0.2) is 24.3 Å². The van der Waals surface area contributed by atoms with Crippen molar-refractivity contribution < 1.29 is 18.9 Å². The van der Waals surface area contributed by atoms with Gasteiger partial charge in [0.15, 0.2) is 0 Å². The maximum Gasteiger partial charge on any atom is 1.00 e. The number of benzene rings is 1. The zero-order valence-corrected chi connectivity index (χ0v) is 8.81. The fraction of sp³-hybridized carbons (Fsp3) is 0.333. The summed E-state index contributed by atoms with van der Waals surface area (Å²) in [7, 11) is 0. The molecule has 0 nitrogen and oxygen atoms in total. The van der Waals surface area contributed by atoms with Crippen molar-refractivity contribution in [2.45, 2.75) is 26.2 Å². The van der Waals surface area contributed by atoms with E-state index in [0.717, 1.165) is 5.56 Å². The van der Waals surface area contributed by atoms with E-state index in [0.29, 0.717) is 0 Å². The molecule has 0 bridgehead atoms. The van der Waals surface area contributed by atoms with Gasteiger partial charge in [0.05, 0.1) is 0 Å². The molecule has 1 rings (SSSR count). The van der Waals surface area contributed by atoms with Crippen molar-refractivity contribution in [3.8, 4) is 5.92 Å². The van der Waals surface area contributed by atoms with Crippen LogP contribution in [0.2, 0.25) is 0 Å². The molecule has 1 heteroatoms. The van der Waals surface area contributed by atoms with Gasteiger partial charge in [0.2, 0.25) is 0 Å². The predicted octanol–water partition coefficient (Wildman–Crippen LogP) is -0.0740. The van der Waals surface area contributed by atoms with Crippen LogP contribution in [0.5, 0.6) is 0 Å². The molecule has 0 atom stereocenters. The minimum Gasteiger partial charge on any atom is -0.366 e. The van der Waals surface area contributed by atoms with Crippen molar-refractivity contribution in [2.24, 2.45) is 0 Å². The average Bonchev–Trinajstić information content (AvgIpc) is 2.03. The first kappa shape index (κ1) is 12.4. The molecule has 0 aliphatic carbocycles.